The van der Waals surface area contributed by atoms with Crippen molar-refractivity contribution < 1.29 is 24.2 Å². The van der Waals surface area contributed by atoms with Gasteiger partial charge in [-0.25, -0.2) is 0 Å². The van der Waals surface area contributed by atoms with Gasteiger partial charge in [0.2, 0.25) is 5.91 Å². The zero-order chi connectivity index (χ0) is 17.5. The second-order valence-electron chi connectivity index (χ2n) is 5.58. The molecule has 23 heavy (non-hydrogen) atoms. The lowest BCUT2D eigenvalue weighted by molar-refractivity contribution is -0.148. The summed E-state index contributed by atoms with van der Waals surface area (Å²) in [6, 6.07) is 4.97. The summed E-state index contributed by atoms with van der Waals surface area (Å²) in [4.78, 5) is 23.2. The third-order valence-corrected chi connectivity index (χ3v) is 3.40. The molecule has 128 valence electrons. The molecule has 1 amide bonds. The van der Waals surface area contributed by atoms with E-state index in [0.717, 1.165) is 0 Å². The molecule has 0 bridgehead atoms. The number of carbonyl (C=O) groups is 2. The van der Waals surface area contributed by atoms with Gasteiger partial charge in [0.1, 0.15) is 6.61 Å². The SMILES string of the molecule is CCOCCOc1c(Cl)cccc1NC(=O)CC(C)(C)C(=O)O. The number of anilines is 1. The number of hydrogen-bond acceptors (Lipinski definition) is 4. The summed E-state index contributed by atoms with van der Waals surface area (Å²) in [7, 11) is 0. The summed E-state index contributed by atoms with van der Waals surface area (Å²) in [6.07, 6.45) is -0.159. The fourth-order valence-electron chi connectivity index (χ4n) is 1.77. The molecule has 6 nitrogen and oxygen atoms in total. The van der Waals surface area contributed by atoms with E-state index in [9.17, 15) is 9.59 Å². The molecule has 0 aliphatic carbocycles. The second-order valence-corrected chi connectivity index (χ2v) is 5.98. The number of halogens is 1. The number of aliphatic carboxylic acids is 1. The van der Waals surface area contributed by atoms with Crippen LogP contribution in [0.25, 0.3) is 0 Å². The third kappa shape index (κ3) is 6.08. The Bertz CT molecular complexity index is 559. The predicted octanol–water partition coefficient (Wildman–Crippen LogP) is 3.19. The first-order chi connectivity index (χ1) is 10.8. The zero-order valence-corrected chi connectivity index (χ0v) is 14.3. The van der Waals surface area contributed by atoms with Gasteiger partial charge in [-0.1, -0.05) is 17.7 Å². The molecule has 0 radical (unpaired) electrons. The predicted molar refractivity (Wildman–Crippen MR) is 88.1 cm³/mol. The summed E-state index contributed by atoms with van der Waals surface area (Å²) < 4.78 is 10.7. The van der Waals surface area contributed by atoms with E-state index in [1.165, 1.54) is 13.8 Å². The number of ether oxygens (including phenoxy) is 2. The highest BCUT2D eigenvalue weighted by atomic mass is 35.5. The Kier molecular flexibility index (Phi) is 7.32. The number of carboxylic acid groups (broad SMARTS) is 1. The smallest absolute Gasteiger partial charge is 0.309 e. The van der Waals surface area contributed by atoms with Gasteiger partial charge in [-0.05, 0) is 32.9 Å². The van der Waals surface area contributed by atoms with E-state index in [1.807, 2.05) is 6.92 Å². The van der Waals surface area contributed by atoms with Gasteiger partial charge >= 0.3 is 5.97 Å². The number of benzene rings is 1. The minimum absolute atomic E-state index is 0.159. The van der Waals surface area contributed by atoms with Gasteiger partial charge in [0.05, 0.1) is 22.7 Å². The molecule has 0 saturated heterocycles. The lowest BCUT2D eigenvalue weighted by Gasteiger charge is -2.19. The van der Waals surface area contributed by atoms with Crippen molar-refractivity contribution in [3.05, 3.63) is 23.2 Å². The van der Waals surface area contributed by atoms with E-state index in [4.69, 9.17) is 26.2 Å². The topological polar surface area (TPSA) is 84.9 Å². The summed E-state index contributed by atoms with van der Waals surface area (Å²) in [6.45, 7) is 6.14. The molecule has 1 aromatic carbocycles. The van der Waals surface area contributed by atoms with Crippen molar-refractivity contribution in [2.24, 2.45) is 5.41 Å². The van der Waals surface area contributed by atoms with Crippen LogP contribution in [0.15, 0.2) is 18.2 Å². The first-order valence-electron chi connectivity index (χ1n) is 7.30. The monoisotopic (exact) mass is 343 g/mol. The van der Waals surface area contributed by atoms with Crippen molar-refractivity contribution in [2.45, 2.75) is 27.2 Å². The number of carbonyl (C=O) groups excluding carboxylic acids is 1. The Hall–Kier alpha value is -1.79. The molecule has 0 saturated carbocycles. The molecule has 0 heterocycles. The van der Waals surface area contributed by atoms with Gasteiger partial charge in [-0.3, -0.25) is 9.59 Å². The van der Waals surface area contributed by atoms with Crippen molar-refractivity contribution >= 4 is 29.2 Å². The molecule has 1 rings (SSSR count). The van der Waals surface area contributed by atoms with E-state index in [2.05, 4.69) is 5.32 Å². The second kappa shape index (κ2) is 8.74. The van der Waals surface area contributed by atoms with Crippen LogP contribution in [0.2, 0.25) is 5.02 Å². The Labute approximate surface area is 140 Å². The molecule has 0 aliphatic rings. The minimum atomic E-state index is -1.15. The third-order valence-electron chi connectivity index (χ3n) is 3.10. The van der Waals surface area contributed by atoms with E-state index in [1.54, 1.807) is 18.2 Å². The number of para-hydroxylation sites is 1. The van der Waals surface area contributed by atoms with Gasteiger partial charge in [-0.15, -0.1) is 0 Å². The molecule has 2 N–H and O–H groups in total. The normalized spacial score (nSPS) is 11.1. The molecular formula is C16H22ClNO5. The van der Waals surface area contributed by atoms with E-state index in [0.29, 0.717) is 36.3 Å². The lowest BCUT2D eigenvalue weighted by Crippen LogP contribution is -2.29. The Balaban J connectivity index is 2.77. The number of carboxylic acids is 1. The first kappa shape index (κ1) is 19.3. The standard InChI is InChI=1S/C16H22ClNO5/c1-4-22-8-9-23-14-11(17)6-5-7-12(14)18-13(19)10-16(2,3)15(20)21/h5-7H,4,8-10H2,1-3H3,(H,18,19)(H,20,21). The largest absolute Gasteiger partial charge is 0.487 e. The maximum atomic E-state index is 12.1. The molecule has 7 heteroatoms. The maximum absolute atomic E-state index is 12.1. The lowest BCUT2D eigenvalue weighted by atomic mass is 9.89. The molecule has 0 fully saturated rings. The summed E-state index contributed by atoms with van der Waals surface area (Å²) >= 11 is 6.10. The highest BCUT2D eigenvalue weighted by molar-refractivity contribution is 6.32. The maximum Gasteiger partial charge on any atom is 0.309 e. The number of amides is 1. The van der Waals surface area contributed by atoms with Crippen LogP contribution >= 0.6 is 11.6 Å². The van der Waals surface area contributed by atoms with Crippen molar-refractivity contribution in [1.82, 2.24) is 0 Å². The van der Waals surface area contributed by atoms with E-state index >= 15 is 0 Å². The van der Waals surface area contributed by atoms with Crippen LogP contribution in [0.5, 0.6) is 5.75 Å². The van der Waals surface area contributed by atoms with Crippen molar-refractivity contribution in [2.75, 3.05) is 25.1 Å². The molecule has 0 atom stereocenters. The van der Waals surface area contributed by atoms with Crippen LogP contribution in [-0.2, 0) is 14.3 Å². The average Bonchev–Trinajstić information content (AvgIpc) is 2.45. The Morgan fingerprint density at radius 2 is 2.00 bits per heavy atom. The van der Waals surface area contributed by atoms with Crippen LogP contribution < -0.4 is 10.1 Å². The molecule has 0 aliphatic heterocycles. The Morgan fingerprint density at radius 1 is 1.30 bits per heavy atom. The highest BCUT2D eigenvalue weighted by Gasteiger charge is 2.30. The number of nitrogens with one attached hydrogen (secondary N) is 1. The van der Waals surface area contributed by atoms with Crippen LogP contribution in [0.1, 0.15) is 27.2 Å². The van der Waals surface area contributed by atoms with Crippen molar-refractivity contribution in [3.8, 4) is 5.75 Å². The summed E-state index contributed by atoms with van der Waals surface area (Å²) in [5.74, 6) is -1.11. The van der Waals surface area contributed by atoms with Crippen molar-refractivity contribution in [1.29, 1.82) is 0 Å². The Morgan fingerprint density at radius 3 is 2.61 bits per heavy atom. The number of rotatable bonds is 9. The molecule has 0 aromatic heterocycles. The minimum Gasteiger partial charge on any atom is -0.487 e. The molecule has 1 aromatic rings. The zero-order valence-electron chi connectivity index (χ0n) is 13.5. The van der Waals surface area contributed by atoms with E-state index in [-0.39, 0.29) is 6.42 Å². The fourth-order valence-corrected chi connectivity index (χ4v) is 2.00. The van der Waals surface area contributed by atoms with Crippen molar-refractivity contribution in [3.63, 3.8) is 0 Å². The quantitative estimate of drug-likeness (QED) is 0.672. The highest BCUT2D eigenvalue weighted by Crippen LogP contribution is 2.33. The van der Waals surface area contributed by atoms with Gasteiger partial charge in [0.25, 0.3) is 0 Å². The molecular weight excluding hydrogens is 322 g/mol. The average molecular weight is 344 g/mol. The fraction of sp³-hybridized carbons (Fsp3) is 0.500. The summed E-state index contributed by atoms with van der Waals surface area (Å²) in [5, 5.41) is 12.1. The molecule has 0 unspecified atom stereocenters. The summed E-state index contributed by atoms with van der Waals surface area (Å²) in [5.41, 5.74) is -0.751. The number of hydrogen-bond donors (Lipinski definition) is 2. The van der Waals surface area contributed by atoms with Crippen LogP contribution in [-0.4, -0.2) is 36.8 Å². The van der Waals surface area contributed by atoms with Crippen LogP contribution in [0.3, 0.4) is 0 Å². The van der Waals surface area contributed by atoms with E-state index < -0.39 is 17.3 Å². The van der Waals surface area contributed by atoms with Crippen LogP contribution in [0.4, 0.5) is 5.69 Å². The van der Waals surface area contributed by atoms with Gasteiger partial charge < -0.3 is 19.9 Å². The van der Waals surface area contributed by atoms with Gasteiger partial charge in [0, 0.05) is 13.0 Å². The van der Waals surface area contributed by atoms with Crippen LogP contribution in [0, 0.1) is 5.41 Å². The van der Waals surface area contributed by atoms with Gasteiger partial charge in [0.15, 0.2) is 5.75 Å². The first-order valence-corrected chi connectivity index (χ1v) is 7.68. The van der Waals surface area contributed by atoms with Gasteiger partial charge in [-0.2, -0.15) is 0 Å². The molecule has 0 spiro atoms.